The van der Waals surface area contributed by atoms with Crippen LogP contribution in [0.15, 0.2) is 18.2 Å². The second kappa shape index (κ2) is 5.47. The summed E-state index contributed by atoms with van der Waals surface area (Å²) in [5.74, 6) is -0.601. The van der Waals surface area contributed by atoms with E-state index >= 15 is 0 Å². The average Bonchev–Trinajstić information content (AvgIpc) is 2.13. The molecule has 0 saturated carbocycles. The van der Waals surface area contributed by atoms with E-state index < -0.39 is 18.6 Å². The van der Waals surface area contributed by atoms with Gasteiger partial charge in [0.1, 0.15) is 5.82 Å². The standard InChI is InChI=1S/C9H8ClF4NO/c10-7-2-1-6(8(11)3-7)4-15-16-5-9(12,13)14/h1-3,15H,4-5H2. The van der Waals surface area contributed by atoms with Crippen LogP contribution in [0.3, 0.4) is 0 Å². The van der Waals surface area contributed by atoms with E-state index in [0.29, 0.717) is 0 Å². The number of hydrogen-bond donors (Lipinski definition) is 1. The van der Waals surface area contributed by atoms with Gasteiger partial charge in [-0.3, -0.25) is 4.84 Å². The molecule has 7 heteroatoms. The molecule has 0 amide bonds. The number of hydrogen-bond acceptors (Lipinski definition) is 2. The van der Waals surface area contributed by atoms with Crippen LogP contribution >= 0.6 is 11.6 Å². The molecule has 0 fully saturated rings. The zero-order valence-corrected chi connectivity index (χ0v) is 8.70. The lowest BCUT2D eigenvalue weighted by Crippen LogP contribution is -2.24. The number of benzene rings is 1. The first-order valence-electron chi connectivity index (χ1n) is 4.24. The second-order valence-electron chi connectivity index (χ2n) is 2.96. The lowest BCUT2D eigenvalue weighted by atomic mass is 10.2. The Morgan fingerprint density at radius 1 is 1.31 bits per heavy atom. The molecule has 1 rings (SSSR count). The molecule has 1 N–H and O–H groups in total. The van der Waals surface area contributed by atoms with Crippen molar-refractivity contribution in [1.82, 2.24) is 5.48 Å². The molecule has 0 unspecified atom stereocenters. The van der Waals surface area contributed by atoms with Crippen LogP contribution in [-0.4, -0.2) is 12.8 Å². The van der Waals surface area contributed by atoms with Crippen LogP contribution in [0, 0.1) is 5.82 Å². The fourth-order valence-electron chi connectivity index (χ4n) is 0.927. The largest absolute Gasteiger partial charge is 0.413 e. The third-order valence-electron chi connectivity index (χ3n) is 1.62. The van der Waals surface area contributed by atoms with E-state index in [4.69, 9.17) is 11.6 Å². The summed E-state index contributed by atoms with van der Waals surface area (Å²) in [5.41, 5.74) is 2.19. The summed E-state index contributed by atoms with van der Waals surface area (Å²) >= 11 is 5.50. The quantitative estimate of drug-likeness (QED) is 0.508. The topological polar surface area (TPSA) is 21.3 Å². The highest BCUT2D eigenvalue weighted by atomic mass is 35.5. The Kier molecular flexibility index (Phi) is 4.52. The third-order valence-corrected chi connectivity index (χ3v) is 1.85. The van der Waals surface area contributed by atoms with Crippen LogP contribution in [0.4, 0.5) is 17.6 Å². The average molecular weight is 258 g/mol. The monoisotopic (exact) mass is 257 g/mol. The number of alkyl halides is 3. The van der Waals surface area contributed by atoms with Gasteiger partial charge in [-0.25, -0.2) is 4.39 Å². The van der Waals surface area contributed by atoms with Gasteiger partial charge in [-0.05, 0) is 12.1 Å². The van der Waals surface area contributed by atoms with Crippen LogP contribution in [0.5, 0.6) is 0 Å². The van der Waals surface area contributed by atoms with E-state index in [1.807, 2.05) is 5.48 Å². The lowest BCUT2D eigenvalue weighted by Gasteiger charge is -2.09. The summed E-state index contributed by atoms with van der Waals surface area (Å²) in [5, 5.41) is 0.220. The molecule has 0 aliphatic carbocycles. The fourth-order valence-corrected chi connectivity index (χ4v) is 1.09. The van der Waals surface area contributed by atoms with Gasteiger partial charge in [-0.1, -0.05) is 17.7 Å². The van der Waals surface area contributed by atoms with Crippen LogP contribution in [0.2, 0.25) is 5.02 Å². The highest BCUT2D eigenvalue weighted by Gasteiger charge is 2.27. The maximum absolute atomic E-state index is 13.1. The summed E-state index contributed by atoms with van der Waals surface area (Å²) in [7, 11) is 0. The van der Waals surface area contributed by atoms with E-state index in [2.05, 4.69) is 4.84 Å². The molecular formula is C9H8ClF4NO. The normalized spacial score (nSPS) is 11.8. The Morgan fingerprint density at radius 2 is 2.00 bits per heavy atom. The van der Waals surface area contributed by atoms with Crippen molar-refractivity contribution in [3.8, 4) is 0 Å². The zero-order chi connectivity index (χ0) is 12.2. The molecule has 0 heterocycles. The van der Waals surface area contributed by atoms with Crippen LogP contribution < -0.4 is 5.48 Å². The molecule has 0 aliphatic rings. The van der Waals surface area contributed by atoms with Crippen molar-refractivity contribution in [2.24, 2.45) is 0 Å². The Bertz CT molecular complexity index is 356. The molecule has 0 saturated heterocycles. The van der Waals surface area contributed by atoms with Gasteiger partial charge in [0.2, 0.25) is 0 Å². The first-order chi connectivity index (χ1) is 7.38. The first-order valence-corrected chi connectivity index (χ1v) is 4.61. The maximum Gasteiger partial charge on any atom is 0.413 e. The first kappa shape index (κ1) is 13.2. The molecule has 0 bridgehead atoms. The summed E-state index contributed by atoms with van der Waals surface area (Å²) in [6.45, 7) is -1.60. The van der Waals surface area contributed by atoms with Gasteiger partial charge in [0.05, 0.1) is 0 Å². The van der Waals surface area contributed by atoms with Crippen LogP contribution in [0.25, 0.3) is 0 Å². The van der Waals surface area contributed by atoms with Crippen LogP contribution in [0.1, 0.15) is 5.56 Å². The summed E-state index contributed by atoms with van der Waals surface area (Å²) < 4.78 is 48.1. The Labute approximate surface area is 94.1 Å². The van der Waals surface area contributed by atoms with Crippen molar-refractivity contribution in [1.29, 1.82) is 0 Å². The Balaban J connectivity index is 2.38. The minimum atomic E-state index is -4.41. The molecule has 0 radical (unpaired) electrons. The minimum Gasteiger partial charge on any atom is -0.292 e. The van der Waals surface area contributed by atoms with Gasteiger partial charge in [0.25, 0.3) is 0 Å². The Morgan fingerprint density at radius 3 is 2.56 bits per heavy atom. The van der Waals surface area contributed by atoms with Crippen molar-refractivity contribution >= 4 is 11.6 Å². The van der Waals surface area contributed by atoms with Gasteiger partial charge < -0.3 is 0 Å². The van der Waals surface area contributed by atoms with Crippen molar-refractivity contribution in [2.75, 3.05) is 6.61 Å². The second-order valence-corrected chi connectivity index (χ2v) is 3.40. The number of nitrogens with one attached hydrogen (secondary N) is 1. The summed E-state index contributed by atoms with van der Waals surface area (Å²) in [6, 6.07) is 3.87. The molecule has 1 aromatic rings. The number of halogens is 5. The summed E-state index contributed by atoms with van der Waals surface area (Å²) in [6.07, 6.45) is -4.41. The highest BCUT2D eigenvalue weighted by Crippen LogP contribution is 2.15. The van der Waals surface area contributed by atoms with Gasteiger partial charge in [-0.2, -0.15) is 18.7 Å². The molecule has 0 aliphatic heterocycles. The Hall–Kier alpha value is -0.850. The van der Waals surface area contributed by atoms with Crippen molar-refractivity contribution in [3.63, 3.8) is 0 Å². The number of hydroxylamine groups is 1. The highest BCUT2D eigenvalue weighted by molar-refractivity contribution is 6.30. The predicted octanol–water partition coefficient (Wildman–Crippen LogP) is 3.06. The molecule has 0 spiro atoms. The van der Waals surface area contributed by atoms with Crippen molar-refractivity contribution in [3.05, 3.63) is 34.6 Å². The molecule has 90 valence electrons. The van der Waals surface area contributed by atoms with E-state index in [-0.39, 0.29) is 17.1 Å². The van der Waals surface area contributed by atoms with Crippen molar-refractivity contribution in [2.45, 2.75) is 12.7 Å². The molecule has 16 heavy (non-hydrogen) atoms. The SMILES string of the molecule is Fc1cc(Cl)ccc1CNOCC(F)(F)F. The van der Waals surface area contributed by atoms with E-state index in [1.165, 1.54) is 12.1 Å². The van der Waals surface area contributed by atoms with E-state index in [0.717, 1.165) is 6.07 Å². The maximum atomic E-state index is 13.1. The van der Waals surface area contributed by atoms with Gasteiger partial charge in [0, 0.05) is 17.1 Å². The van der Waals surface area contributed by atoms with Gasteiger partial charge in [0.15, 0.2) is 6.61 Å². The molecule has 0 aromatic heterocycles. The fraction of sp³-hybridized carbons (Fsp3) is 0.333. The van der Waals surface area contributed by atoms with Crippen molar-refractivity contribution < 1.29 is 22.4 Å². The molecular weight excluding hydrogens is 250 g/mol. The summed E-state index contributed by atoms with van der Waals surface area (Å²) in [4.78, 5) is 4.11. The van der Waals surface area contributed by atoms with Crippen LogP contribution in [-0.2, 0) is 11.4 Å². The lowest BCUT2D eigenvalue weighted by molar-refractivity contribution is -0.190. The third kappa shape index (κ3) is 4.78. The van der Waals surface area contributed by atoms with Gasteiger partial charge >= 0.3 is 6.18 Å². The van der Waals surface area contributed by atoms with E-state index in [1.54, 1.807) is 0 Å². The smallest absolute Gasteiger partial charge is 0.292 e. The molecule has 0 atom stereocenters. The molecule has 2 nitrogen and oxygen atoms in total. The zero-order valence-electron chi connectivity index (χ0n) is 7.94. The minimum absolute atomic E-state index is 0.168. The molecule has 1 aromatic carbocycles. The van der Waals surface area contributed by atoms with E-state index in [9.17, 15) is 17.6 Å². The number of rotatable bonds is 4. The predicted molar refractivity (Wildman–Crippen MR) is 50.3 cm³/mol. The van der Waals surface area contributed by atoms with Gasteiger partial charge in [-0.15, -0.1) is 0 Å².